The van der Waals surface area contributed by atoms with Crippen molar-refractivity contribution in [3.63, 3.8) is 0 Å². The minimum Gasteiger partial charge on any atom is -0.466 e. The number of nitrogens with one attached hydrogen (secondary N) is 2. The topological polar surface area (TPSA) is 202 Å². The molecular formula is C17H30N2O13. The summed E-state index contributed by atoms with van der Waals surface area (Å²) in [7, 11) is 6.78. The van der Waals surface area contributed by atoms with Crippen molar-refractivity contribution < 1.29 is 62.3 Å². The Kier molecular flexibility index (Phi) is 25.0. The number of aliphatic hydroxyl groups excluding tert-OH is 1. The fraction of sp³-hybridized carbons (Fsp3) is 0.647. The first-order valence-corrected chi connectivity index (χ1v) is 8.65. The number of hydrogen-bond acceptors (Lipinski definition) is 13. The number of aliphatic hydroxyl groups is 1. The van der Waals surface area contributed by atoms with Gasteiger partial charge in [-0.1, -0.05) is 0 Å². The summed E-state index contributed by atoms with van der Waals surface area (Å²) in [6.07, 6.45) is 0. The summed E-state index contributed by atoms with van der Waals surface area (Å²) in [6.45, 7) is -2.09. The molecule has 0 fully saturated rings. The molecule has 186 valence electrons. The lowest BCUT2D eigenvalue weighted by Crippen LogP contribution is -2.27. The molecule has 0 saturated carbocycles. The van der Waals surface area contributed by atoms with E-state index in [1.165, 1.54) is 35.4 Å². The summed E-state index contributed by atoms with van der Waals surface area (Å²) in [6, 6.07) is 0. The average Bonchev–Trinajstić information content (AvgIpc) is 2.80. The van der Waals surface area contributed by atoms with Gasteiger partial charge in [0.25, 0.3) is 5.91 Å². The molecule has 0 aliphatic heterocycles. The van der Waals surface area contributed by atoms with Gasteiger partial charge in [-0.3, -0.25) is 9.59 Å². The van der Waals surface area contributed by atoms with Crippen LogP contribution < -0.4 is 10.6 Å². The Morgan fingerprint density at radius 2 is 0.969 bits per heavy atom. The third kappa shape index (κ3) is 26.7. The van der Waals surface area contributed by atoms with Crippen molar-refractivity contribution >= 4 is 35.7 Å². The predicted octanol–water partition coefficient (Wildman–Crippen LogP) is -3.46. The van der Waals surface area contributed by atoms with Gasteiger partial charge >= 0.3 is 23.9 Å². The van der Waals surface area contributed by atoms with Crippen molar-refractivity contribution in [1.82, 2.24) is 10.6 Å². The second-order valence-corrected chi connectivity index (χ2v) is 4.93. The number of esters is 4. The lowest BCUT2D eigenvalue weighted by Gasteiger charge is -2.04. The van der Waals surface area contributed by atoms with Crippen LogP contribution in [0.2, 0.25) is 0 Å². The molecule has 0 heterocycles. The third-order valence-electron chi connectivity index (χ3n) is 2.52. The number of methoxy groups -OCH3 is 3. The van der Waals surface area contributed by atoms with Gasteiger partial charge in [-0.25, -0.2) is 19.2 Å². The summed E-state index contributed by atoms with van der Waals surface area (Å²) in [5, 5.41) is 12.4. The molecule has 0 aromatic heterocycles. The van der Waals surface area contributed by atoms with E-state index in [2.05, 4.69) is 39.1 Å². The normalized spacial score (nSPS) is 8.81. The molecule has 0 rings (SSSR count). The largest absolute Gasteiger partial charge is 0.466 e. The van der Waals surface area contributed by atoms with Crippen LogP contribution in [0.15, 0.2) is 0 Å². The number of hydrogen-bond donors (Lipinski definition) is 3. The van der Waals surface area contributed by atoms with Crippen LogP contribution in [0.5, 0.6) is 0 Å². The molecule has 32 heavy (non-hydrogen) atoms. The highest BCUT2D eigenvalue weighted by Gasteiger charge is 2.09. The van der Waals surface area contributed by atoms with Crippen molar-refractivity contribution in [2.75, 3.05) is 75.1 Å². The minimum atomic E-state index is -0.789. The zero-order valence-corrected chi connectivity index (χ0v) is 18.6. The highest BCUT2D eigenvalue weighted by Crippen LogP contribution is 1.84. The molecule has 0 atom stereocenters. The van der Waals surface area contributed by atoms with E-state index >= 15 is 0 Å². The van der Waals surface area contributed by atoms with Gasteiger partial charge in [0.2, 0.25) is 5.91 Å². The van der Waals surface area contributed by atoms with Crippen LogP contribution in [0.25, 0.3) is 0 Å². The molecule has 0 unspecified atom stereocenters. The first kappa shape index (κ1) is 33.3. The molecule has 15 heteroatoms. The second kappa shape index (κ2) is 24.0. The molecule has 15 nitrogen and oxygen atoms in total. The molecule has 0 aromatic rings. The Labute approximate surface area is 184 Å². The van der Waals surface area contributed by atoms with Crippen molar-refractivity contribution in [3.05, 3.63) is 0 Å². The van der Waals surface area contributed by atoms with Crippen molar-refractivity contribution in [2.24, 2.45) is 0 Å². The van der Waals surface area contributed by atoms with E-state index in [-0.39, 0.29) is 25.7 Å². The van der Waals surface area contributed by atoms with Gasteiger partial charge in [-0.15, -0.1) is 0 Å². The van der Waals surface area contributed by atoms with Crippen LogP contribution in [0.4, 0.5) is 0 Å². The number of carbonyl (C=O) groups excluding carboxylic acids is 6. The van der Waals surface area contributed by atoms with Gasteiger partial charge in [0, 0.05) is 28.3 Å². The maximum Gasteiger partial charge on any atom is 0.344 e. The maximum absolute atomic E-state index is 10.9. The minimum absolute atomic E-state index is 0.156. The van der Waals surface area contributed by atoms with Gasteiger partial charge in [-0.2, -0.15) is 0 Å². The van der Waals surface area contributed by atoms with E-state index in [1.54, 1.807) is 0 Å². The number of ether oxygens (including phenoxy) is 6. The van der Waals surface area contributed by atoms with Crippen LogP contribution in [0.1, 0.15) is 0 Å². The molecule has 0 bridgehead atoms. The first-order valence-electron chi connectivity index (χ1n) is 8.65. The molecule has 0 saturated heterocycles. The van der Waals surface area contributed by atoms with Crippen molar-refractivity contribution in [3.8, 4) is 0 Å². The molecule has 0 aliphatic carbocycles. The summed E-state index contributed by atoms with van der Waals surface area (Å²) >= 11 is 0. The SMILES string of the molecule is CNC(=O)CO.CNC(=O)COC(=O)COC(=O)COC.COCC(=O)OCC(=O)OC. The Hall–Kier alpha value is -3.30. The van der Waals surface area contributed by atoms with Gasteiger partial charge in [0.05, 0.1) is 7.11 Å². The zero-order chi connectivity index (χ0) is 25.4. The molecule has 0 aliphatic rings. The average molecular weight is 470 g/mol. The first-order chi connectivity index (χ1) is 15.1. The second-order valence-electron chi connectivity index (χ2n) is 4.93. The van der Waals surface area contributed by atoms with Crippen LogP contribution in [0.3, 0.4) is 0 Å². The Morgan fingerprint density at radius 1 is 0.594 bits per heavy atom. The molecule has 2 amide bonds. The van der Waals surface area contributed by atoms with Crippen LogP contribution in [-0.4, -0.2) is 116 Å². The van der Waals surface area contributed by atoms with E-state index in [1.807, 2.05) is 0 Å². The Balaban J connectivity index is -0.000000433. The van der Waals surface area contributed by atoms with Gasteiger partial charge in [-0.05, 0) is 0 Å². The number of carbonyl (C=O) groups is 6. The number of amides is 2. The van der Waals surface area contributed by atoms with Gasteiger partial charge < -0.3 is 44.2 Å². The van der Waals surface area contributed by atoms with Crippen LogP contribution in [0, 0.1) is 0 Å². The standard InChI is InChI=1S/C8H13NO6.C6H10O5.C3H7NO2/c1-9-6(10)3-14-8(12)5-15-7(11)4-13-2;1-9-3-6(8)11-4-5(7)10-2;1-4-3(6)2-5/h3-5H2,1-2H3,(H,9,10);3-4H2,1-2H3;5H,2H2,1H3,(H,4,6). The zero-order valence-electron chi connectivity index (χ0n) is 18.6. The number of rotatable bonds is 11. The summed E-state index contributed by atoms with van der Waals surface area (Å²) < 4.78 is 26.4. The third-order valence-corrected chi connectivity index (χ3v) is 2.52. The molecule has 0 radical (unpaired) electrons. The van der Waals surface area contributed by atoms with Gasteiger partial charge in [0.15, 0.2) is 19.8 Å². The van der Waals surface area contributed by atoms with E-state index < -0.39 is 49.6 Å². The van der Waals surface area contributed by atoms with Gasteiger partial charge in [0.1, 0.15) is 19.8 Å². The fourth-order valence-corrected chi connectivity index (χ4v) is 0.996. The maximum atomic E-state index is 10.9. The monoisotopic (exact) mass is 470 g/mol. The van der Waals surface area contributed by atoms with Crippen molar-refractivity contribution in [1.29, 1.82) is 0 Å². The quantitative estimate of drug-likeness (QED) is 0.199. The summed E-state index contributed by atoms with van der Waals surface area (Å²) in [4.78, 5) is 62.9. The van der Waals surface area contributed by atoms with Crippen LogP contribution in [-0.2, 0) is 57.2 Å². The highest BCUT2D eigenvalue weighted by atomic mass is 16.6. The summed E-state index contributed by atoms with van der Waals surface area (Å²) in [5.74, 6) is -3.42. The Bertz CT molecular complexity index is 575. The molecular weight excluding hydrogens is 440 g/mol. The Morgan fingerprint density at radius 3 is 1.28 bits per heavy atom. The van der Waals surface area contributed by atoms with E-state index in [4.69, 9.17) is 5.11 Å². The van der Waals surface area contributed by atoms with E-state index in [0.717, 1.165) is 0 Å². The lowest BCUT2D eigenvalue weighted by atomic mass is 10.6. The molecule has 0 spiro atoms. The summed E-state index contributed by atoms with van der Waals surface area (Å²) in [5.41, 5.74) is 0. The lowest BCUT2D eigenvalue weighted by molar-refractivity contribution is -0.162. The fourth-order valence-electron chi connectivity index (χ4n) is 0.996. The number of likely N-dealkylation sites (N-methyl/N-ethyl adjacent to an activating group) is 2. The smallest absolute Gasteiger partial charge is 0.344 e. The predicted molar refractivity (Wildman–Crippen MR) is 104 cm³/mol. The van der Waals surface area contributed by atoms with E-state index in [0.29, 0.717) is 0 Å². The molecule has 3 N–H and O–H groups in total. The van der Waals surface area contributed by atoms with Crippen molar-refractivity contribution in [2.45, 2.75) is 0 Å². The van der Waals surface area contributed by atoms with Crippen LogP contribution >= 0.6 is 0 Å². The molecule has 0 aromatic carbocycles. The van der Waals surface area contributed by atoms with E-state index in [9.17, 15) is 28.8 Å². The highest BCUT2D eigenvalue weighted by molar-refractivity contribution is 5.81.